The number of benzene rings is 1. The average Bonchev–Trinajstić information content (AvgIpc) is 3.10. The second kappa shape index (κ2) is 5.46. The van der Waals surface area contributed by atoms with Gasteiger partial charge in [0.1, 0.15) is 0 Å². The van der Waals surface area contributed by atoms with Gasteiger partial charge < -0.3 is 11.1 Å². The van der Waals surface area contributed by atoms with Crippen molar-refractivity contribution >= 4 is 11.6 Å². The number of nitrogens with two attached hydrogens (primary N) is 1. The molecule has 5 heteroatoms. The topological polar surface area (TPSA) is 72.9 Å². The van der Waals surface area contributed by atoms with E-state index in [1.165, 1.54) is 0 Å². The Kier molecular flexibility index (Phi) is 3.52. The van der Waals surface area contributed by atoms with Crippen LogP contribution in [0.25, 0.3) is 5.69 Å². The van der Waals surface area contributed by atoms with E-state index < -0.39 is 0 Å². The number of hydrogen-bond acceptors (Lipinski definition) is 3. The zero-order valence-electron chi connectivity index (χ0n) is 11.2. The molecule has 1 aromatic carbocycles. The van der Waals surface area contributed by atoms with Gasteiger partial charge in [-0.3, -0.25) is 4.79 Å². The zero-order chi connectivity index (χ0) is 13.9. The van der Waals surface area contributed by atoms with E-state index in [9.17, 15) is 4.79 Å². The van der Waals surface area contributed by atoms with E-state index in [1.54, 1.807) is 10.9 Å². The Morgan fingerprint density at radius 1 is 1.30 bits per heavy atom. The second-order valence-corrected chi connectivity index (χ2v) is 5.16. The quantitative estimate of drug-likeness (QED) is 0.895. The Hall–Kier alpha value is -2.14. The van der Waals surface area contributed by atoms with Gasteiger partial charge in [0.25, 0.3) is 0 Å². The molecule has 0 aliphatic heterocycles. The van der Waals surface area contributed by atoms with Crippen LogP contribution in [0.15, 0.2) is 42.7 Å². The Morgan fingerprint density at radius 3 is 2.85 bits per heavy atom. The lowest BCUT2D eigenvalue weighted by molar-refractivity contribution is -0.120. The molecule has 1 fully saturated rings. The summed E-state index contributed by atoms with van der Waals surface area (Å²) in [6, 6.07) is 9.47. The van der Waals surface area contributed by atoms with Crippen LogP contribution < -0.4 is 11.1 Å². The van der Waals surface area contributed by atoms with Crippen molar-refractivity contribution in [2.45, 2.75) is 25.3 Å². The maximum absolute atomic E-state index is 12.3. The molecule has 1 saturated carbocycles. The Labute approximate surface area is 117 Å². The second-order valence-electron chi connectivity index (χ2n) is 5.16. The van der Waals surface area contributed by atoms with Crippen LogP contribution >= 0.6 is 0 Å². The minimum atomic E-state index is -0.0827. The molecule has 0 radical (unpaired) electrons. The van der Waals surface area contributed by atoms with Gasteiger partial charge in [-0.15, -0.1) is 0 Å². The number of carbonyl (C=O) groups excluding carboxylic acids is 1. The molecule has 0 saturated heterocycles. The molecular formula is C15H18N4O. The van der Waals surface area contributed by atoms with Gasteiger partial charge in [0.05, 0.1) is 17.3 Å². The maximum atomic E-state index is 12.3. The van der Waals surface area contributed by atoms with E-state index in [4.69, 9.17) is 5.73 Å². The molecule has 1 aromatic heterocycles. The van der Waals surface area contributed by atoms with Crippen LogP contribution in [-0.4, -0.2) is 21.7 Å². The number of aromatic nitrogens is 2. The molecule has 1 amide bonds. The smallest absolute Gasteiger partial charge is 0.229 e. The van der Waals surface area contributed by atoms with Gasteiger partial charge in [0.15, 0.2) is 0 Å². The summed E-state index contributed by atoms with van der Waals surface area (Å²) in [6.45, 7) is 0. The van der Waals surface area contributed by atoms with Crippen LogP contribution in [0, 0.1) is 5.92 Å². The molecule has 3 N–H and O–H groups in total. The SMILES string of the molecule is NC1CCCC1C(=O)Nc1ccccc1-n1cccn1. The fourth-order valence-electron chi connectivity index (χ4n) is 2.73. The van der Waals surface area contributed by atoms with Crippen molar-refractivity contribution in [1.82, 2.24) is 9.78 Å². The number of carbonyl (C=O) groups is 1. The van der Waals surface area contributed by atoms with Crippen LogP contribution in [0.4, 0.5) is 5.69 Å². The van der Waals surface area contributed by atoms with Gasteiger partial charge in [-0.1, -0.05) is 18.6 Å². The summed E-state index contributed by atoms with van der Waals surface area (Å²) < 4.78 is 1.74. The van der Waals surface area contributed by atoms with Gasteiger partial charge >= 0.3 is 0 Å². The number of amides is 1. The first-order chi connectivity index (χ1) is 9.75. The highest BCUT2D eigenvalue weighted by Crippen LogP contribution is 2.26. The third-order valence-electron chi connectivity index (χ3n) is 3.82. The summed E-state index contributed by atoms with van der Waals surface area (Å²) in [4.78, 5) is 12.3. The van der Waals surface area contributed by atoms with E-state index in [2.05, 4.69) is 10.4 Å². The lowest BCUT2D eigenvalue weighted by Crippen LogP contribution is -2.34. The minimum Gasteiger partial charge on any atom is -0.327 e. The van der Waals surface area contributed by atoms with E-state index >= 15 is 0 Å². The summed E-state index contributed by atoms with van der Waals surface area (Å²) in [6.07, 6.45) is 6.40. The largest absolute Gasteiger partial charge is 0.327 e. The number of nitrogens with one attached hydrogen (secondary N) is 1. The summed E-state index contributed by atoms with van der Waals surface area (Å²) in [5, 5.41) is 7.20. The summed E-state index contributed by atoms with van der Waals surface area (Å²) >= 11 is 0. The van der Waals surface area contributed by atoms with Crippen molar-refractivity contribution in [1.29, 1.82) is 0 Å². The Bertz CT molecular complexity index is 594. The van der Waals surface area contributed by atoms with Crippen LogP contribution in [0.2, 0.25) is 0 Å². The van der Waals surface area contributed by atoms with Gasteiger partial charge in [0, 0.05) is 18.4 Å². The lowest BCUT2D eigenvalue weighted by atomic mass is 10.0. The predicted molar refractivity (Wildman–Crippen MR) is 77.5 cm³/mol. The van der Waals surface area contributed by atoms with Crippen molar-refractivity contribution in [2.75, 3.05) is 5.32 Å². The van der Waals surface area contributed by atoms with Crippen LogP contribution in [0.1, 0.15) is 19.3 Å². The summed E-state index contributed by atoms with van der Waals surface area (Å²) in [5.74, 6) is -0.0738. The van der Waals surface area contributed by atoms with Crippen LogP contribution in [0.5, 0.6) is 0 Å². The number of rotatable bonds is 3. The minimum absolute atomic E-state index is 0.00889. The Morgan fingerprint density at radius 2 is 2.15 bits per heavy atom. The first-order valence-corrected chi connectivity index (χ1v) is 6.91. The van der Waals surface area contributed by atoms with Crippen molar-refractivity contribution < 1.29 is 4.79 Å². The highest BCUT2D eigenvalue weighted by Gasteiger charge is 2.30. The number of para-hydroxylation sites is 2. The van der Waals surface area contributed by atoms with Crippen LogP contribution in [0.3, 0.4) is 0 Å². The molecule has 2 unspecified atom stereocenters. The van der Waals surface area contributed by atoms with E-state index in [0.29, 0.717) is 0 Å². The standard InChI is InChI=1S/C15H18N4O/c16-12-6-3-5-11(12)15(20)18-13-7-1-2-8-14(13)19-10-4-9-17-19/h1-2,4,7-12H,3,5-6,16H2,(H,18,20). The van der Waals surface area contributed by atoms with Gasteiger partial charge in [-0.25, -0.2) is 4.68 Å². The van der Waals surface area contributed by atoms with Gasteiger partial charge in [0.2, 0.25) is 5.91 Å². The molecule has 1 aliphatic rings. The highest BCUT2D eigenvalue weighted by molar-refractivity contribution is 5.95. The van der Waals surface area contributed by atoms with Crippen molar-refractivity contribution in [3.63, 3.8) is 0 Å². The molecule has 104 valence electrons. The molecule has 2 aromatic rings. The highest BCUT2D eigenvalue weighted by atomic mass is 16.1. The number of nitrogens with zero attached hydrogens (tertiary/aromatic N) is 2. The van der Waals surface area contributed by atoms with Crippen molar-refractivity contribution in [2.24, 2.45) is 11.7 Å². The fourth-order valence-corrected chi connectivity index (χ4v) is 2.73. The molecule has 1 heterocycles. The maximum Gasteiger partial charge on any atom is 0.229 e. The summed E-state index contributed by atoms with van der Waals surface area (Å²) in [5.41, 5.74) is 7.61. The van der Waals surface area contributed by atoms with Crippen molar-refractivity contribution in [3.05, 3.63) is 42.7 Å². The molecule has 0 spiro atoms. The monoisotopic (exact) mass is 270 g/mol. The molecule has 1 aliphatic carbocycles. The van der Waals surface area contributed by atoms with Crippen LogP contribution in [-0.2, 0) is 4.79 Å². The van der Waals surface area contributed by atoms with E-state index in [-0.39, 0.29) is 17.9 Å². The van der Waals surface area contributed by atoms with Crippen molar-refractivity contribution in [3.8, 4) is 5.69 Å². The first-order valence-electron chi connectivity index (χ1n) is 6.91. The zero-order valence-corrected chi connectivity index (χ0v) is 11.2. The third kappa shape index (κ3) is 2.44. The molecule has 20 heavy (non-hydrogen) atoms. The molecular weight excluding hydrogens is 252 g/mol. The number of anilines is 1. The van der Waals surface area contributed by atoms with E-state index in [0.717, 1.165) is 30.6 Å². The molecule has 0 bridgehead atoms. The summed E-state index contributed by atoms with van der Waals surface area (Å²) in [7, 11) is 0. The fraction of sp³-hybridized carbons (Fsp3) is 0.333. The van der Waals surface area contributed by atoms with Gasteiger partial charge in [-0.2, -0.15) is 5.10 Å². The lowest BCUT2D eigenvalue weighted by Gasteiger charge is -2.17. The Balaban J connectivity index is 1.83. The molecule has 5 nitrogen and oxygen atoms in total. The third-order valence-corrected chi connectivity index (χ3v) is 3.82. The molecule has 3 rings (SSSR count). The normalized spacial score (nSPS) is 21.9. The first kappa shape index (κ1) is 12.9. The van der Waals surface area contributed by atoms with E-state index in [1.807, 2.05) is 36.5 Å². The number of hydrogen-bond donors (Lipinski definition) is 2. The van der Waals surface area contributed by atoms with Gasteiger partial charge in [-0.05, 0) is 31.0 Å². The predicted octanol–water partition coefficient (Wildman–Crippen LogP) is 1.94. The average molecular weight is 270 g/mol. The molecule has 2 atom stereocenters.